The Balaban J connectivity index is 2.18. The molecule has 4 heteroatoms. The Hall–Kier alpha value is -0.450. The summed E-state index contributed by atoms with van der Waals surface area (Å²) in [6.45, 7) is 5.02. The van der Waals surface area contributed by atoms with Gasteiger partial charge in [-0.25, -0.2) is 4.39 Å². The average molecular weight is 315 g/mol. The van der Waals surface area contributed by atoms with Gasteiger partial charge in [-0.3, -0.25) is 4.90 Å². The molecule has 1 aliphatic rings. The predicted octanol–water partition coefficient (Wildman–Crippen LogP) is 3.32. The highest BCUT2D eigenvalue weighted by Crippen LogP contribution is 2.28. The lowest BCUT2D eigenvalue weighted by Crippen LogP contribution is -2.40. The Labute approximate surface area is 116 Å². The molecular formula is C14H20BrFN2. The summed E-state index contributed by atoms with van der Waals surface area (Å²) >= 11 is 3.25. The molecule has 0 aromatic heterocycles. The molecule has 1 aliphatic heterocycles. The van der Waals surface area contributed by atoms with E-state index in [2.05, 4.69) is 27.8 Å². The van der Waals surface area contributed by atoms with E-state index in [-0.39, 0.29) is 11.9 Å². The molecule has 0 radical (unpaired) electrons. The lowest BCUT2D eigenvalue weighted by atomic mass is 9.96. The molecule has 0 amide bonds. The Kier molecular flexibility index (Phi) is 4.76. The normalized spacial score (nSPS) is 23.0. The van der Waals surface area contributed by atoms with Crippen molar-refractivity contribution in [3.8, 4) is 0 Å². The van der Waals surface area contributed by atoms with E-state index >= 15 is 0 Å². The Bertz CT molecular complexity index is 411. The number of benzene rings is 1. The number of nitrogens with two attached hydrogens (primary N) is 1. The quantitative estimate of drug-likeness (QED) is 0.927. The fourth-order valence-corrected chi connectivity index (χ4v) is 3.12. The van der Waals surface area contributed by atoms with Crippen LogP contribution in [-0.2, 0) is 0 Å². The van der Waals surface area contributed by atoms with E-state index in [1.54, 1.807) is 0 Å². The van der Waals surface area contributed by atoms with Crippen molar-refractivity contribution in [2.45, 2.75) is 25.8 Å². The van der Waals surface area contributed by atoms with Crippen LogP contribution in [0.2, 0.25) is 0 Å². The van der Waals surface area contributed by atoms with Gasteiger partial charge in [0.25, 0.3) is 0 Å². The topological polar surface area (TPSA) is 29.3 Å². The fourth-order valence-electron chi connectivity index (χ4n) is 2.72. The maximum atomic E-state index is 13.3. The molecule has 100 valence electrons. The van der Waals surface area contributed by atoms with Gasteiger partial charge in [0.15, 0.2) is 0 Å². The number of halogens is 2. The molecule has 2 rings (SSSR count). The van der Waals surface area contributed by atoms with Crippen LogP contribution in [0.25, 0.3) is 0 Å². The third-order valence-corrected chi connectivity index (χ3v) is 4.29. The van der Waals surface area contributed by atoms with E-state index in [1.165, 1.54) is 18.9 Å². The highest BCUT2D eigenvalue weighted by atomic mass is 79.9. The maximum absolute atomic E-state index is 13.3. The van der Waals surface area contributed by atoms with Crippen molar-refractivity contribution >= 4 is 15.9 Å². The van der Waals surface area contributed by atoms with Crippen LogP contribution in [-0.4, -0.2) is 24.5 Å². The van der Waals surface area contributed by atoms with Crippen molar-refractivity contribution in [1.82, 2.24) is 4.90 Å². The lowest BCUT2D eigenvalue weighted by molar-refractivity contribution is 0.133. The van der Waals surface area contributed by atoms with Gasteiger partial charge in [0.05, 0.1) is 4.47 Å². The van der Waals surface area contributed by atoms with Gasteiger partial charge in [-0.2, -0.15) is 0 Å². The minimum absolute atomic E-state index is 0.199. The molecule has 0 spiro atoms. The summed E-state index contributed by atoms with van der Waals surface area (Å²) in [6.07, 6.45) is 2.51. The first-order chi connectivity index (χ1) is 8.61. The van der Waals surface area contributed by atoms with E-state index in [0.717, 1.165) is 24.6 Å². The summed E-state index contributed by atoms with van der Waals surface area (Å²) in [4.78, 5) is 2.42. The van der Waals surface area contributed by atoms with E-state index in [1.807, 2.05) is 12.1 Å². The van der Waals surface area contributed by atoms with Gasteiger partial charge in [-0.05, 0) is 58.9 Å². The summed E-state index contributed by atoms with van der Waals surface area (Å²) in [7, 11) is 0. The zero-order valence-corrected chi connectivity index (χ0v) is 12.3. The lowest BCUT2D eigenvalue weighted by Gasteiger charge is -2.37. The second kappa shape index (κ2) is 6.13. The molecule has 2 atom stereocenters. The molecule has 1 saturated heterocycles. The number of likely N-dealkylation sites (tertiary alicyclic amines) is 1. The second-order valence-electron chi connectivity index (χ2n) is 5.17. The summed E-state index contributed by atoms with van der Waals surface area (Å²) in [5, 5.41) is 0. The predicted molar refractivity (Wildman–Crippen MR) is 75.9 cm³/mol. The Morgan fingerprint density at radius 3 is 2.94 bits per heavy atom. The van der Waals surface area contributed by atoms with Gasteiger partial charge >= 0.3 is 0 Å². The van der Waals surface area contributed by atoms with Crippen molar-refractivity contribution in [3.05, 3.63) is 34.1 Å². The summed E-state index contributed by atoms with van der Waals surface area (Å²) in [6, 6.07) is 5.41. The summed E-state index contributed by atoms with van der Waals surface area (Å²) < 4.78 is 13.8. The van der Waals surface area contributed by atoms with Crippen LogP contribution in [0.15, 0.2) is 22.7 Å². The molecule has 2 nitrogen and oxygen atoms in total. The molecule has 0 saturated carbocycles. The van der Waals surface area contributed by atoms with Gasteiger partial charge in [-0.1, -0.05) is 13.0 Å². The van der Waals surface area contributed by atoms with E-state index in [9.17, 15) is 4.39 Å². The molecule has 2 unspecified atom stereocenters. The number of nitrogens with zero attached hydrogens (tertiary/aromatic N) is 1. The Morgan fingerprint density at radius 1 is 1.56 bits per heavy atom. The van der Waals surface area contributed by atoms with Crippen LogP contribution in [0, 0.1) is 11.7 Å². The van der Waals surface area contributed by atoms with Crippen LogP contribution in [0.4, 0.5) is 4.39 Å². The molecule has 1 aromatic carbocycles. The fraction of sp³-hybridized carbons (Fsp3) is 0.571. The van der Waals surface area contributed by atoms with Crippen molar-refractivity contribution in [3.63, 3.8) is 0 Å². The average Bonchev–Trinajstić information content (AvgIpc) is 2.35. The third kappa shape index (κ3) is 3.11. The second-order valence-corrected chi connectivity index (χ2v) is 6.02. The number of piperidine rings is 1. The summed E-state index contributed by atoms with van der Waals surface area (Å²) in [5.41, 5.74) is 7.02. The molecule has 0 aliphatic carbocycles. The molecule has 1 fully saturated rings. The smallest absolute Gasteiger partial charge is 0.137 e. The molecule has 1 heterocycles. The maximum Gasteiger partial charge on any atom is 0.137 e. The van der Waals surface area contributed by atoms with E-state index in [0.29, 0.717) is 11.0 Å². The SMILES string of the molecule is CC1CCCN(C(CN)c2ccc(F)c(Br)c2)C1. The van der Waals surface area contributed by atoms with Crippen LogP contribution in [0.1, 0.15) is 31.4 Å². The monoisotopic (exact) mass is 314 g/mol. The van der Waals surface area contributed by atoms with Gasteiger partial charge < -0.3 is 5.73 Å². The highest BCUT2D eigenvalue weighted by molar-refractivity contribution is 9.10. The first kappa shape index (κ1) is 14.0. The zero-order valence-electron chi connectivity index (χ0n) is 10.7. The highest BCUT2D eigenvalue weighted by Gasteiger charge is 2.24. The van der Waals surface area contributed by atoms with Crippen LogP contribution >= 0.6 is 15.9 Å². The van der Waals surface area contributed by atoms with Crippen LogP contribution in [0.3, 0.4) is 0 Å². The standard InChI is InChI=1S/C14H20BrFN2/c1-10-3-2-6-18(9-10)14(8-17)11-4-5-13(16)12(15)7-11/h4-5,7,10,14H,2-3,6,8-9,17H2,1H3. The van der Waals surface area contributed by atoms with Gasteiger partial charge in [0.1, 0.15) is 5.82 Å². The first-order valence-electron chi connectivity index (χ1n) is 6.51. The largest absolute Gasteiger partial charge is 0.329 e. The minimum atomic E-state index is -0.221. The first-order valence-corrected chi connectivity index (χ1v) is 7.30. The number of hydrogen-bond acceptors (Lipinski definition) is 2. The third-order valence-electron chi connectivity index (χ3n) is 3.68. The number of hydrogen-bond donors (Lipinski definition) is 1. The number of rotatable bonds is 3. The molecular weight excluding hydrogens is 295 g/mol. The van der Waals surface area contributed by atoms with Gasteiger partial charge in [0.2, 0.25) is 0 Å². The summed E-state index contributed by atoms with van der Waals surface area (Å²) in [5.74, 6) is 0.498. The minimum Gasteiger partial charge on any atom is -0.329 e. The van der Waals surface area contributed by atoms with Crippen LogP contribution in [0.5, 0.6) is 0 Å². The van der Waals surface area contributed by atoms with E-state index in [4.69, 9.17) is 5.73 Å². The van der Waals surface area contributed by atoms with Gasteiger partial charge in [-0.15, -0.1) is 0 Å². The van der Waals surface area contributed by atoms with Crippen molar-refractivity contribution in [1.29, 1.82) is 0 Å². The van der Waals surface area contributed by atoms with Crippen molar-refractivity contribution < 1.29 is 4.39 Å². The van der Waals surface area contributed by atoms with Crippen molar-refractivity contribution in [2.75, 3.05) is 19.6 Å². The Morgan fingerprint density at radius 2 is 2.33 bits per heavy atom. The molecule has 0 bridgehead atoms. The molecule has 2 N–H and O–H groups in total. The van der Waals surface area contributed by atoms with Gasteiger partial charge in [0, 0.05) is 19.1 Å². The van der Waals surface area contributed by atoms with Crippen molar-refractivity contribution in [2.24, 2.45) is 11.7 Å². The van der Waals surface area contributed by atoms with E-state index < -0.39 is 0 Å². The molecule has 1 aromatic rings. The zero-order chi connectivity index (χ0) is 13.1. The molecule has 18 heavy (non-hydrogen) atoms. The van der Waals surface area contributed by atoms with Crippen LogP contribution < -0.4 is 5.73 Å².